The molecule has 1 rings (SSSR count). The van der Waals surface area contributed by atoms with Crippen molar-refractivity contribution in [2.45, 2.75) is 35.6 Å². The third-order valence-corrected chi connectivity index (χ3v) is 3.85. The zero-order chi connectivity index (χ0) is 5.11. The van der Waals surface area contributed by atoms with Crippen molar-refractivity contribution in [1.29, 1.82) is 0 Å². The molecule has 0 atom stereocenters. The molecular formula is C6H11Pb. The monoisotopic (exact) mass is 291 g/mol. The van der Waals surface area contributed by atoms with E-state index < -0.39 is 0 Å². The van der Waals surface area contributed by atoms with Gasteiger partial charge in [0.05, 0.1) is 0 Å². The Balaban J connectivity index is 2.12. The Bertz CT molecular complexity index is 46.1. The van der Waals surface area contributed by atoms with Crippen LogP contribution in [-0.2, 0) is 0 Å². The summed E-state index contributed by atoms with van der Waals surface area (Å²) in [6.45, 7) is 0. The second-order valence-electron chi connectivity index (χ2n) is 2.33. The molecule has 7 heavy (non-hydrogen) atoms. The van der Waals surface area contributed by atoms with Gasteiger partial charge in [-0.2, -0.15) is 0 Å². The predicted molar refractivity (Wildman–Crippen MR) is 32.6 cm³/mol. The van der Waals surface area contributed by atoms with Crippen molar-refractivity contribution < 1.29 is 0 Å². The van der Waals surface area contributed by atoms with Crippen molar-refractivity contribution in [3.05, 3.63) is 0 Å². The van der Waals surface area contributed by atoms with Gasteiger partial charge in [0.15, 0.2) is 0 Å². The average molecular weight is 290 g/mol. The molecule has 1 aliphatic carbocycles. The summed E-state index contributed by atoms with van der Waals surface area (Å²) in [4.78, 5) is 0. The molecule has 1 fully saturated rings. The van der Waals surface area contributed by atoms with Crippen LogP contribution in [0.5, 0.6) is 0 Å². The van der Waals surface area contributed by atoms with Crippen LogP contribution in [0.2, 0.25) is 3.48 Å². The van der Waals surface area contributed by atoms with Gasteiger partial charge in [0.2, 0.25) is 0 Å². The van der Waals surface area contributed by atoms with Crippen LogP contribution < -0.4 is 0 Å². The summed E-state index contributed by atoms with van der Waals surface area (Å²) in [5.74, 6) is 0. The first-order valence-corrected chi connectivity index (χ1v) is 5.35. The van der Waals surface area contributed by atoms with E-state index in [1.165, 1.54) is 48.5 Å². The van der Waals surface area contributed by atoms with Gasteiger partial charge in [-0.1, -0.05) is 0 Å². The summed E-state index contributed by atoms with van der Waals surface area (Å²) in [7, 11) is 0. The fraction of sp³-hybridized carbons (Fsp3) is 1.00. The molecule has 1 aliphatic rings. The van der Waals surface area contributed by atoms with E-state index in [1.54, 1.807) is 12.8 Å². The molecular weight excluding hydrogens is 279 g/mol. The van der Waals surface area contributed by atoms with Crippen molar-refractivity contribution >= 4 is 25.8 Å². The first-order valence-electron chi connectivity index (χ1n) is 3.11. The summed E-state index contributed by atoms with van der Waals surface area (Å²) < 4.78 is 1.17. The van der Waals surface area contributed by atoms with E-state index in [4.69, 9.17) is 0 Å². The molecule has 0 nitrogen and oxygen atoms in total. The molecule has 0 bridgehead atoms. The number of hydrogen-bond acceptors (Lipinski definition) is 0. The standard InChI is InChI=1S/C6H11.Pb/c1-2-4-6-5-3-1;/h1H,2-6H2;. The minimum absolute atomic E-state index is 1.17. The van der Waals surface area contributed by atoms with Gasteiger partial charge >= 0.3 is 61.3 Å². The maximum atomic E-state index is 1.55. The summed E-state index contributed by atoms with van der Waals surface area (Å²) >= 11 is 1.45. The zero-order valence-corrected chi connectivity index (χ0v) is 8.50. The minimum atomic E-state index is 1.17. The quantitative estimate of drug-likeness (QED) is 0.598. The van der Waals surface area contributed by atoms with Crippen LogP contribution in [0.4, 0.5) is 0 Å². The van der Waals surface area contributed by atoms with Crippen LogP contribution >= 0.6 is 0 Å². The Hall–Kier alpha value is 0.922. The first-order chi connectivity index (χ1) is 3.39. The molecule has 0 saturated heterocycles. The van der Waals surface area contributed by atoms with Gasteiger partial charge in [-0.15, -0.1) is 0 Å². The average Bonchev–Trinajstić information content (AvgIpc) is 1.69. The van der Waals surface area contributed by atoms with Crippen molar-refractivity contribution in [2.24, 2.45) is 0 Å². The van der Waals surface area contributed by atoms with Crippen molar-refractivity contribution in [1.82, 2.24) is 0 Å². The topological polar surface area (TPSA) is 0 Å². The molecule has 3 radical (unpaired) electrons. The molecule has 1 heteroatoms. The molecule has 0 aromatic carbocycles. The van der Waals surface area contributed by atoms with Gasteiger partial charge in [0.1, 0.15) is 0 Å². The predicted octanol–water partition coefficient (Wildman–Crippen LogP) is 1.91. The number of hydrogen-bond donors (Lipinski definition) is 0. The Morgan fingerprint density at radius 2 is 1.57 bits per heavy atom. The van der Waals surface area contributed by atoms with Gasteiger partial charge in [0, 0.05) is 0 Å². The molecule has 39 valence electrons. The van der Waals surface area contributed by atoms with Crippen LogP contribution in [-0.4, -0.2) is 25.8 Å². The van der Waals surface area contributed by atoms with Gasteiger partial charge < -0.3 is 0 Å². The van der Waals surface area contributed by atoms with E-state index >= 15 is 0 Å². The molecule has 0 N–H and O–H groups in total. The second kappa shape index (κ2) is 3.05. The van der Waals surface area contributed by atoms with E-state index in [0.29, 0.717) is 0 Å². The van der Waals surface area contributed by atoms with Crippen molar-refractivity contribution in [2.75, 3.05) is 0 Å². The van der Waals surface area contributed by atoms with Crippen molar-refractivity contribution in [3.8, 4) is 0 Å². The Morgan fingerprint density at radius 3 is 1.86 bits per heavy atom. The van der Waals surface area contributed by atoms with Gasteiger partial charge in [-0.25, -0.2) is 0 Å². The van der Waals surface area contributed by atoms with Crippen LogP contribution in [0.3, 0.4) is 0 Å². The van der Waals surface area contributed by atoms with E-state index in [-0.39, 0.29) is 0 Å². The summed E-state index contributed by atoms with van der Waals surface area (Å²) in [5.41, 5.74) is 0. The van der Waals surface area contributed by atoms with Crippen LogP contribution in [0.15, 0.2) is 0 Å². The Morgan fingerprint density at radius 1 is 1.00 bits per heavy atom. The summed E-state index contributed by atoms with van der Waals surface area (Å²) in [5, 5.41) is 0. The third kappa shape index (κ3) is 2.11. The van der Waals surface area contributed by atoms with E-state index in [9.17, 15) is 0 Å². The zero-order valence-electron chi connectivity index (χ0n) is 4.61. The SMILES string of the molecule is [Pb][CH]1CCCCC1. The molecule has 0 aromatic heterocycles. The molecule has 0 spiro atoms. The van der Waals surface area contributed by atoms with Gasteiger partial charge in [-0.3, -0.25) is 0 Å². The van der Waals surface area contributed by atoms with Crippen LogP contribution in [0.1, 0.15) is 32.1 Å². The molecule has 1 saturated carbocycles. The molecule has 0 aliphatic heterocycles. The molecule has 0 heterocycles. The Labute approximate surface area is 61.4 Å². The molecule has 0 amide bonds. The molecule has 0 aromatic rings. The molecule has 0 unspecified atom stereocenters. The van der Waals surface area contributed by atoms with Gasteiger partial charge in [-0.05, 0) is 0 Å². The third-order valence-electron chi connectivity index (χ3n) is 1.61. The normalized spacial score (nSPS) is 25.3. The first kappa shape index (κ1) is 6.05. The van der Waals surface area contributed by atoms with Crippen molar-refractivity contribution in [3.63, 3.8) is 0 Å². The van der Waals surface area contributed by atoms with Crippen LogP contribution in [0.25, 0.3) is 0 Å². The van der Waals surface area contributed by atoms with E-state index in [1.807, 2.05) is 0 Å². The van der Waals surface area contributed by atoms with E-state index in [2.05, 4.69) is 0 Å². The number of rotatable bonds is 0. The second-order valence-corrected chi connectivity index (χ2v) is 5.51. The maximum absolute atomic E-state index is 1.55. The fourth-order valence-corrected chi connectivity index (χ4v) is 2.69. The van der Waals surface area contributed by atoms with Crippen LogP contribution in [0, 0.1) is 0 Å². The van der Waals surface area contributed by atoms with E-state index in [0.717, 1.165) is 0 Å². The summed E-state index contributed by atoms with van der Waals surface area (Å²) in [6, 6.07) is 0. The van der Waals surface area contributed by atoms with Gasteiger partial charge in [0.25, 0.3) is 0 Å². The fourth-order valence-electron chi connectivity index (χ4n) is 1.10. The Kier molecular flexibility index (Phi) is 2.64. The summed E-state index contributed by atoms with van der Waals surface area (Å²) in [6.07, 6.45) is 7.65.